The van der Waals surface area contributed by atoms with Crippen LogP contribution in [0.5, 0.6) is 0 Å². The van der Waals surface area contributed by atoms with Crippen molar-refractivity contribution in [2.45, 2.75) is 13.0 Å². The zero-order chi connectivity index (χ0) is 44.8. The van der Waals surface area contributed by atoms with Gasteiger partial charge in [0.05, 0.1) is 5.58 Å². The monoisotopic (exact) mass is 974 g/mol. The predicted octanol–water partition coefficient (Wildman–Crippen LogP) is 13.6. The first-order valence-electron chi connectivity index (χ1n) is 22.4. The molecule has 0 amide bonds. The van der Waals surface area contributed by atoms with Crippen LogP contribution in [0, 0.1) is 12.1 Å². The third-order valence-electron chi connectivity index (χ3n) is 10.6. The maximum absolute atomic E-state index is 9.56. The molecular weight excluding hydrogens is 930 g/mol. The summed E-state index contributed by atoms with van der Waals surface area (Å²) in [5.74, 6) is 0.199. The average Bonchev–Trinajstić information content (AvgIpc) is 3.72. The van der Waals surface area contributed by atoms with Gasteiger partial charge in [0, 0.05) is 13.6 Å². The van der Waals surface area contributed by atoms with Crippen LogP contribution in [0.15, 0.2) is 205 Å². The Balaban J connectivity index is 0.00000548. The number of anilines is 2. The Morgan fingerprint density at radius 3 is 1.83 bits per heavy atom. The van der Waals surface area contributed by atoms with Crippen molar-refractivity contribution in [3.8, 4) is 55.9 Å². The molecule has 0 aliphatic carbocycles. The second kappa shape index (κ2) is 16.5. The first kappa shape index (κ1) is 32.2. The molecule has 4 nitrogen and oxygen atoms in total. The number of aromatic nitrogens is 2. The molecule has 0 spiro atoms. The van der Waals surface area contributed by atoms with E-state index in [4.69, 9.17) is 14.4 Å². The quantitative estimate of drug-likeness (QED) is 0.107. The van der Waals surface area contributed by atoms with Crippen molar-refractivity contribution in [3.05, 3.63) is 212 Å². The summed E-state index contributed by atoms with van der Waals surface area (Å²) in [4.78, 5) is 10.6. The Morgan fingerprint density at radius 2 is 1.12 bits per heavy atom. The molecule has 0 radical (unpaired) electrons. The van der Waals surface area contributed by atoms with Gasteiger partial charge in [0.25, 0.3) is 0 Å². The van der Waals surface area contributed by atoms with E-state index in [1.807, 2.05) is 152 Å². The van der Waals surface area contributed by atoms with Gasteiger partial charge in [-0.25, -0.2) is 0 Å². The van der Waals surface area contributed by atoms with Gasteiger partial charge in [-0.05, 0) is 81.1 Å². The molecule has 10 rings (SSSR count). The number of pyridine rings is 2. The van der Waals surface area contributed by atoms with Crippen LogP contribution in [-0.4, -0.2) is 18.2 Å². The Labute approximate surface area is 374 Å². The summed E-state index contributed by atoms with van der Waals surface area (Å²) < 4.78 is 65.3. The van der Waals surface area contributed by atoms with E-state index in [1.165, 1.54) is 4.57 Å². The van der Waals surface area contributed by atoms with Crippen LogP contribution in [-0.2, 0) is 21.1 Å². The summed E-state index contributed by atoms with van der Waals surface area (Å²) >= 11 is 0. The van der Waals surface area contributed by atoms with Crippen LogP contribution in [0.25, 0.3) is 77.8 Å². The fourth-order valence-corrected chi connectivity index (χ4v) is 9.64. The minimum atomic E-state index is -5.17. The third kappa shape index (κ3) is 7.32. The Bertz CT molecular complexity index is 3300. The number of fused-ring (bicyclic) bond motifs is 3. The van der Waals surface area contributed by atoms with Crippen molar-refractivity contribution in [1.29, 1.82) is 0 Å². The van der Waals surface area contributed by atoms with E-state index >= 15 is 0 Å². The Hall–Kier alpha value is -6.65. The van der Waals surface area contributed by atoms with Crippen molar-refractivity contribution in [3.63, 3.8) is 0 Å². The van der Waals surface area contributed by atoms with Gasteiger partial charge >= 0.3 is 21.1 Å². The van der Waals surface area contributed by atoms with E-state index in [2.05, 4.69) is 12.1 Å². The van der Waals surface area contributed by atoms with Crippen LogP contribution in [0.3, 0.4) is 0 Å². The maximum atomic E-state index is 9.56. The van der Waals surface area contributed by atoms with Crippen molar-refractivity contribution >= 4 is 47.0 Å². The SMILES string of the molecule is [2H]C([2H])([2H])[Si](c1ccccc1)(N(c1cc(-c2ccccc2-c2ccccc2)cc(-c2[c-]cccc2)n1)c1cc(-c2ccccc2)cc(-c2[c-]ccc3c2oc2ccccc23)n1)C([2H])([2H])[2H].[Pt+2]. The normalized spacial score (nSPS) is 13.3. The number of hydrogen-bond donors (Lipinski definition) is 0. The molecule has 0 unspecified atom stereocenters. The molecule has 0 N–H and O–H groups in total. The van der Waals surface area contributed by atoms with Gasteiger partial charge < -0.3 is 8.98 Å². The minimum Gasteiger partial charge on any atom is -0.501 e. The second-order valence-corrected chi connectivity index (χ2v) is 16.8. The van der Waals surface area contributed by atoms with Crippen molar-refractivity contribution in [2.24, 2.45) is 0 Å². The largest absolute Gasteiger partial charge is 2.00 e. The van der Waals surface area contributed by atoms with Crippen LogP contribution in [0.1, 0.15) is 8.22 Å². The topological polar surface area (TPSA) is 42.2 Å². The van der Waals surface area contributed by atoms with Crippen molar-refractivity contribution in [2.75, 3.05) is 4.57 Å². The number of rotatable bonds is 9. The van der Waals surface area contributed by atoms with Crippen LogP contribution in [0.2, 0.25) is 13.0 Å². The van der Waals surface area contributed by atoms with Crippen molar-refractivity contribution in [1.82, 2.24) is 9.97 Å². The number of para-hydroxylation sites is 1. The standard InChI is InChI=1S/C54H39N3OSi.Pt/c1-59(2,43-26-13-6-14-27-43)57(53-37-42(35-49(55-53)40-24-11-5-12-25-40)45-29-16-15-28-44(45)39-22-9-4-10-23-39)52-36-41(38-20-7-3-8-21-38)34-50(56-52)48-32-19-31-47-46-30-17-18-33-51(46)58-54(47)48;/h3-24,26-31,33-37H,1-2H3;/q-2;+2/i1D3,2D3;. The van der Waals surface area contributed by atoms with Crippen molar-refractivity contribution < 1.29 is 33.7 Å². The van der Waals surface area contributed by atoms with Gasteiger partial charge in [-0.2, -0.15) is 0 Å². The van der Waals surface area contributed by atoms with Gasteiger partial charge in [0.15, 0.2) is 8.24 Å². The molecule has 60 heavy (non-hydrogen) atoms. The maximum Gasteiger partial charge on any atom is 2.00 e. The fraction of sp³-hybridized carbons (Fsp3) is 0.0370. The molecular formula is C54H39N3OPtSi. The van der Waals surface area contributed by atoms with E-state index in [0.717, 1.165) is 33.0 Å². The summed E-state index contributed by atoms with van der Waals surface area (Å²) in [6.07, 6.45) is 0. The Kier molecular flexibility index (Phi) is 8.88. The van der Waals surface area contributed by atoms with E-state index < -0.39 is 21.2 Å². The fourth-order valence-electron chi connectivity index (χ4n) is 7.79. The molecule has 6 heteroatoms. The van der Waals surface area contributed by atoms with Gasteiger partial charge in [0.2, 0.25) is 0 Å². The van der Waals surface area contributed by atoms with Crippen LogP contribution in [0.4, 0.5) is 11.6 Å². The number of hydrogen-bond acceptors (Lipinski definition) is 4. The average molecular weight is 975 g/mol. The molecule has 7 aromatic carbocycles. The van der Waals surface area contributed by atoms with E-state index in [1.54, 1.807) is 48.5 Å². The molecule has 0 saturated heterocycles. The smallest absolute Gasteiger partial charge is 0.501 e. The molecule has 0 fully saturated rings. The second-order valence-electron chi connectivity index (χ2n) is 14.4. The third-order valence-corrected chi connectivity index (χ3v) is 12.9. The first-order valence-corrected chi connectivity index (χ1v) is 21.4. The van der Waals surface area contributed by atoms with Gasteiger partial charge in [-0.15, -0.1) is 54.1 Å². The molecule has 0 bridgehead atoms. The zero-order valence-corrected chi connectivity index (χ0v) is 35.4. The molecule has 0 aliphatic heterocycles. The van der Waals surface area contributed by atoms with Crippen LogP contribution >= 0.6 is 0 Å². The molecule has 0 saturated carbocycles. The summed E-state index contributed by atoms with van der Waals surface area (Å²) in [5.41, 5.74) is 8.20. The van der Waals surface area contributed by atoms with Crippen LogP contribution < -0.4 is 9.75 Å². The molecule has 290 valence electrons. The van der Waals surface area contributed by atoms with E-state index in [0.29, 0.717) is 44.8 Å². The summed E-state index contributed by atoms with van der Waals surface area (Å²) in [6, 6.07) is 69.1. The van der Waals surface area contributed by atoms with E-state index in [9.17, 15) is 8.22 Å². The first-order chi connectivity index (χ1) is 31.5. The molecule has 10 aromatic rings. The molecule has 3 heterocycles. The zero-order valence-electron chi connectivity index (χ0n) is 38.1. The molecule has 0 aliphatic rings. The molecule has 0 atom stereocenters. The predicted molar refractivity (Wildman–Crippen MR) is 246 cm³/mol. The summed E-state index contributed by atoms with van der Waals surface area (Å²) in [6.45, 7) is -6.18. The summed E-state index contributed by atoms with van der Waals surface area (Å²) in [7, 11) is -5.17. The minimum absolute atomic E-state index is 0. The summed E-state index contributed by atoms with van der Waals surface area (Å²) in [5, 5.41) is 1.94. The molecule has 3 aromatic heterocycles. The Morgan fingerprint density at radius 1 is 0.517 bits per heavy atom. The van der Waals surface area contributed by atoms with E-state index in [-0.39, 0.29) is 37.9 Å². The van der Waals surface area contributed by atoms with Gasteiger partial charge in [0.1, 0.15) is 17.2 Å². The number of furan rings is 1. The number of nitrogens with zero attached hydrogens (tertiary/aromatic N) is 3. The van der Waals surface area contributed by atoms with Gasteiger partial charge in [-0.3, -0.25) is 9.97 Å². The van der Waals surface area contributed by atoms with Gasteiger partial charge in [-0.1, -0.05) is 157 Å². The number of benzene rings is 7.